The number of fused-ring (bicyclic) bond motifs is 1. The molecular weight excluding hydrogens is 384 g/mol. The fraction of sp³-hybridized carbons (Fsp3) is 0.333. The van der Waals surface area contributed by atoms with Crippen molar-refractivity contribution in [2.24, 2.45) is 10.1 Å². The minimum absolute atomic E-state index is 0.114. The molecule has 0 aliphatic carbocycles. The summed E-state index contributed by atoms with van der Waals surface area (Å²) in [5.74, 6) is 0.561. The lowest BCUT2D eigenvalue weighted by Crippen LogP contribution is -2.50. The number of halogens is 1. The second kappa shape index (κ2) is 8.85. The number of allylic oxidation sites excluding steroid dienone is 1. The Hall–Kier alpha value is -2.91. The highest BCUT2D eigenvalue weighted by atomic mass is 35.5. The molecular formula is C18H21ClN6O3+. The fourth-order valence-corrected chi connectivity index (χ4v) is 2.89. The van der Waals surface area contributed by atoms with Gasteiger partial charge in [0, 0.05) is 18.6 Å². The van der Waals surface area contributed by atoms with Gasteiger partial charge in [0.15, 0.2) is 6.34 Å². The lowest BCUT2D eigenvalue weighted by molar-refractivity contribution is -0.130. The molecule has 3 rings (SSSR count). The SMILES string of the molecule is CNC1=NC(C)=C2C(=O)N(CC(=O)NCCCOc3cccc(Cl)c3)C=N[N+]12. The maximum absolute atomic E-state index is 12.6. The Morgan fingerprint density at radius 1 is 1.39 bits per heavy atom. The monoisotopic (exact) mass is 404 g/mol. The molecule has 2 aliphatic rings. The lowest BCUT2D eigenvalue weighted by Gasteiger charge is -2.19. The number of hydrogen-bond donors (Lipinski definition) is 2. The van der Waals surface area contributed by atoms with Crippen LogP contribution in [0.2, 0.25) is 5.02 Å². The van der Waals surface area contributed by atoms with Gasteiger partial charge in [-0.3, -0.25) is 14.5 Å². The third-order valence-electron chi connectivity index (χ3n) is 4.04. The molecule has 28 heavy (non-hydrogen) atoms. The van der Waals surface area contributed by atoms with E-state index in [1.54, 1.807) is 26.1 Å². The number of hydrazone groups is 1. The summed E-state index contributed by atoms with van der Waals surface area (Å²) in [6.07, 6.45) is 1.96. The van der Waals surface area contributed by atoms with Gasteiger partial charge < -0.3 is 15.4 Å². The number of nitrogens with one attached hydrogen (secondary N) is 2. The number of aliphatic imine (C=N–C) groups is 1. The Morgan fingerprint density at radius 3 is 2.96 bits per heavy atom. The number of benzene rings is 1. The third-order valence-corrected chi connectivity index (χ3v) is 4.28. The molecule has 2 amide bonds. The van der Waals surface area contributed by atoms with E-state index in [-0.39, 0.29) is 18.4 Å². The van der Waals surface area contributed by atoms with Gasteiger partial charge in [-0.05, 0) is 36.6 Å². The predicted molar refractivity (Wildman–Crippen MR) is 106 cm³/mol. The number of guanidine groups is 1. The van der Waals surface area contributed by atoms with Crippen LogP contribution in [0.5, 0.6) is 5.75 Å². The van der Waals surface area contributed by atoms with E-state index in [9.17, 15) is 9.59 Å². The van der Waals surface area contributed by atoms with Gasteiger partial charge in [-0.1, -0.05) is 17.7 Å². The molecule has 1 aromatic carbocycles. The molecule has 2 heterocycles. The van der Waals surface area contributed by atoms with Crippen molar-refractivity contribution < 1.29 is 14.3 Å². The molecule has 0 aromatic heterocycles. The first-order valence-corrected chi connectivity index (χ1v) is 9.15. The fourth-order valence-electron chi connectivity index (χ4n) is 2.71. The Balaban J connectivity index is 1.42. The second-order valence-corrected chi connectivity index (χ2v) is 6.54. The average Bonchev–Trinajstić information content (AvgIpc) is 3.00. The van der Waals surface area contributed by atoms with Crippen LogP contribution in [0.25, 0.3) is 0 Å². The number of carbonyl (C=O) groups is 2. The van der Waals surface area contributed by atoms with Crippen LogP contribution in [0.1, 0.15) is 13.3 Å². The summed E-state index contributed by atoms with van der Waals surface area (Å²) in [5, 5.41) is 11.9. The van der Waals surface area contributed by atoms with E-state index >= 15 is 0 Å². The zero-order valence-corrected chi connectivity index (χ0v) is 16.4. The van der Waals surface area contributed by atoms with Crippen LogP contribution in [-0.4, -0.2) is 55.8 Å². The zero-order chi connectivity index (χ0) is 20.1. The van der Waals surface area contributed by atoms with Crippen LogP contribution < -0.4 is 20.4 Å². The van der Waals surface area contributed by atoms with Crippen LogP contribution in [0.3, 0.4) is 0 Å². The second-order valence-electron chi connectivity index (χ2n) is 6.10. The molecule has 1 aromatic rings. The Bertz CT molecular complexity index is 867. The summed E-state index contributed by atoms with van der Waals surface area (Å²) in [4.78, 5) is 30.2. The number of ether oxygens (including phenoxy) is 1. The number of carbonyl (C=O) groups excluding carboxylic acids is 2. The molecule has 10 heteroatoms. The number of nitrogens with zero attached hydrogens (tertiary/aromatic N) is 4. The smallest absolute Gasteiger partial charge is 0.389 e. The number of hydrogen-bond acceptors (Lipinski definition) is 7. The van der Waals surface area contributed by atoms with Crippen molar-refractivity contribution >= 4 is 35.7 Å². The van der Waals surface area contributed by atoms with Crippen LogP contribution >= 0.6 is 11.6 Å². The van der Waals surface area contributed by atoms with E-state index in [1.807, 2.05) is 12.1 Å². The molecule has 0 saturated heterocycles. The van der Waals surface area contributed by atoms with E-state index in [1.165, 1.54) is 16.2 Å². The molecule has 1 radical (unpaired) electrons. The van der Waals surface area contributed by atoms with Gasteiger partial charge in [-0.2, -0.15) is 4.99 Å². The van der Waals surface area contributed by atoms with Crippen LogP contribution in [0, 0.1) is 0 Å². The first kappa shape index (κ1) is 19.8. The van der Waals surface area contributed by atoms with E-state index in [2.05, 4.69) is 20.7 Å². The van der Waals surface area contributed by atoms with Crippen LogP contribution in [0.4, 0.5) is 0 Å². The van der Waals surface area contributed by atoms with Crippen LogP contribution in [0.15, 0.2) is 45.8 Å². The van der Waals surface area contributed by atoms with Crippen molar-refractivity contribution in [3.8, 4) is 5.75 Å². The quantitative estimate of drug-likeness (QED) is 0.522. The summed E-state index contributed by atoms with van der Waals surface area (Å²) in [7, 11) is 1.70. The van der Waals surface area contributed by atoms with Gasteiger partial charge in [0.05, 0.1) is 11.6 Å². The Morgan fingerprint density at radius 2 is 2.21 bits per heavy atom. The van der Waals surface area contributed by atoms with Crippen molar-refractivity contribution in [3.05, 3.63) is 40.7 Å². The largest absolute Gasteiger partial charge is 0.493 e. The molecule has 0 saturated carbocycles. The summed E-state index contributed by atoms with van der Waals surface area (Å²) < 4.78 is 5.56. The molecule has 0 atom stereocenters. The van der Waals surface area contributed by atoms with E-state index in [0.717, 1.165) is 0 Å². The number of rotatable bonds is 7. The van der Waals surface area contributed by atoms with E-state index in [0.29, 0.717) is 47.7 Å². The van der Waals surface area contributed by atoms with Gasteiger partial charge >= 0.3 is 17.6 Å². The predicted octanol–water partition coefficient (Wildman–Crippen LogP) is 0.971. The highest BCUT2D eigenvalue weighted by Crippen LogP contribution is 2.22. The topological polar surface area (TPSA) is 101 Å². The van der Waals surface area contributed by atoms with Crippen molar-refractivity contribution in [1.82, 2.24) is 20.5 Å². The summed E-state index contributed by atoms with van der Waals surface area (Å²) >= 11 is 5.89. The Labute approximate surface area is 167 Å². The van der Waals surface area contributed by atoms with Gasteiger partial charge in [0.25, 0.3) is 0 Å². The van der Waals surface area contributed by atoms with Gasteiger partial charge in [-0.25, -0.2) is 0 Å². The molecule has 2 N–H and O–H groups in total. The molecule has 9 nitrogen and oxygen atoms in total. The van der Waals surface area contributed by atoms with Gasteiger partial charge in [0.2, 0.25) is 5.91 Å². The zero-order valence-electron chi connectivity index (χ0n) is 15.6. The third kappa shape index (κ3) is 4.49. The van der Waals surface area contributed by atoms with Gasteiger partial charge in [-0.15, -0.1) is 0 Å². The summed E-state index contributed by atoms with van der Waals surface area (Å²) in [5.41, 5.74) is 0.893. The van der Waals surface area contributed by atoms with Crippen LogP contribution in [-0.2, 0) is 9.59 Å². The molecule has 0 unspecified atom stereocenters. The van der Waals surface area contributed by atoms with E-state index in [4.69, 9.17) is 16.3 Å². The maximum Gasteiger partial charge on any atom is 0.389 e. The first-order chi connectivity index (χ1) is 13.5. The average molecular weight is 405 g/mol. The maximum atomic E-state index is 12.6. The summed E-state index contributed by atoms with van der Waals surface area (Å²) in [6.45, 7) is 2.48. The minimum atomic E-state index is -0.319. The Kier molecular flexibility index (Phi) is 6.27. The van der Waals surface area contributed by atoms with Crippen molar-refractivity contribution in [2.75, 3.05) is 26.7 Å². The van der Waals surface area contributed by atoms with Gasteiger partial charge in [0.1, 0.15) is 18.0 Å². The van der Waals surface area contributed by atoms with Crippen molar-refractivity contribution in [1.29, 1.82) is 0 Å². The minimum Gasteiger partial charge on any atom is -0.493 e. The normalized spacial score (nSPS) is 16.2. The molecule has 147 valence electrons. The highest BCUT2D eigenvalue weighted by Gasteiger charge is 2.47. The molecule has 0 fully saturated rings. The van der Waals surface area contributed by atoms with Crippen molar-refractivity contribution in [3.63, 3.8) is 0 Å². The highest BCUT2D eigenvalue weighted by molar-refractivity contribution is 6.30. The lowest BCUT2D eigenvalue weighted by atomic mass is 10.3. The van der Waals surface area contributed by atoms with E-state index < -0.39 is 0 Å². The standard InChI is InChI=1S/C18H21ClN6O3/c1-12-16-17(27)24(11-22-25(16)18(20-2)23-12)10-15(26)21-7-4-8-28-14-6-3-5-13(19)9-14/h3,5-6,9,11H,4,7-8,10H2,1-2H3,(H,20,23)(H,21,26)/q+1. The molecule has 0 spiro atoms. The molecule has 2 aliphatic heterocycles. The van der Waals surface area contributed by atoms with Crippen molar-refractivity contribution in [2.45, 2.75) is 13.3 Å². The summed E-state index contributed by atoms with van der Waals surface area (Å²) in [6, 6.07) is 7.13. The first-order valence-electron chi connectivity index (χ1n) is 8.77. The number of amides is 2. The molecule has 0 bridgehead atoms.